The summed E-state index contributed by atoms with van der Waals surface area (Å²) in [7, 11) is 2.10. The van der Waals surface area contributed by atoms with Crippen LogP contribution in [-0.2, 0) is 22.7 Å². The number of rotatable bonds is 3. The molecule has 0 spiro atoms. The molecule has 3 aliphatic rings. The van der Waals surface area contributed by atoms with Gasteiger partial charge in [0.25, 0.3) is 0 Å². The molecule has 6 heterocycles. The molecule has 4 aromatic rings. The summed E-state index contributed by atoms with van der Waals surface area (Å²) in [6, 6.07) is 2.33. The highest BCUT2D eigenvalue weighted by atomic mass is 32.1. The van der Waals surface area contributed by atoms with E-state index >= 15 is 8.78 Å². The number of nitriles is 1. The van der Waals surface area contributed by atoms with Crippen molar-refractivity contribution in [2.75, 3.05) is 36.9 Å². The third kappa shape index (κ3) is 4.56. The standard InChI is InChI=1S/C30H29F2N7O3S/c1-30(2,3)42-29(40)37-27-15(7-33)22-25(34-9-19(31)26(22)43-27)21-18-13-41-12-17(18)16-8-35-28(36-24(16)23(21)32)39-6-5-14-10-38(4)11-20(14)39/h8-9,14,20H,5-6,10-13H2,1-4H3,(H,37,40). The van der Waals surface area contributed by atoms with Gasteiger partial charge in [0, 0.05) is 48.2 Å². The first-order valence-electron chi connectivity index (χ1n) is 14.1. The quantitative estimate of drug-likeness (QED) is 0.320. The minimum Gasteiger partial charge on any atom is -0.444 e. The van der Waals surface area contributed by atoms with Crippen LogP contribution < -0.4 is 10.2 Å². The van der Waals surface area contributed by atoms with E-state index in [1.54, 1.807) is 27.0 Å². The molecular weight excluding hydrogens is 576 g/mol. The summed E-state index contributed by atoms with van der Waals surface area (Å²) in [6.07, 6.45) is 2.89. The number of nitrogens with zero attached hydrogens (tertiary/aromatic N) is 6. The van der Waals surface area contributed by atoms with Crippen LogP contribution in [-0.4, -0.2) is 64.3 Å². The number of anilines is 2. The Balaban J connectivity index is 1.40. The minimum atomic E-state index is -0.793. The number of halogens is 2. The van der Waals surface area contributed by atoms with Gasteiger partial charge in [-0.3, -0.25) is 10.3 Å². The summed E-state index contributed by atoms with van der Waals surface area (Å²) in [4.78, 5) is 30.7. The first-order chi connectivity index (χ1) is 20.5. The first kappa shape index (κ1) is 27.8. The van der Waals surface area contributed by atoms with E-state index in [9.17, 15) is 10.1 Å². The van der Waals surface area contributed by atoms with E-state index in [1.807, 2.05) is 0 Å². The Hall–Kier alpha value is -3.99. The number of carbonyl (C=O) groups is 1. The fourth-order valence-electron chi connectivity index (χ4n) is 6.56. The maximum Gasteiger partial charge on any atom is 0.412 e. The van der Waals surface area contributed by atoms with Crippen molar-refractivity contribution in [2.45, 2.75) is 52.0 Å². The highest BCUT2D eigenvalue weighted by molar-refractivity contribution is 7.23. The average Bonchev–Trinajstić information content (AvgIpc) is 3.72. The summed E-state index contributed by atoms with van der Waals surface area (Å²) < 4.78 is 43.1. The van der Waals surface area contributed by atoms with Gasteiger partial charge >= 0.3 is 6.09 Å². The van der Waals surface area contributed by atoms with Gasteiger partial charge in [-0.05, 0) is 51.3 Å². The molecule has 3 aromatic heterocycles. The zero-order valence-corrected chi connectivity index (χ0v) is 24.9. The molecule has 222 valence electrons. The van der Waals surface area contributed by atoms with Gasteiger partial charge in [0.05, 0.1) is 35.4 Å². The van der Waals surface area contributed by atoms with E-state index in [1.165, 1.54) is 0 Å². The third-order valence-corrected chi connectivity index (χ3v) is 9.42. The molecule has 0 bridgehead atoms. The molecule has 43 heavy (non-hydrogen) atoms. The monoisotopic (exact) mass is 605 g/mol. The van der Waals surface area contributed by atoms with Crippen LogP contribution in [0.2, 0.25) is 0 Å². The summed E-state index contributed by atoms with van der Waals surface area (Å²) in [5.41, 5.74) is 0.783. The lowest BCUT2D eigenvalue weighted by Crippen LogP contribution is -2.35. The normalized spacial score (nSPS) is 20.1. The summed E-state index contributed by atoms with van der Waals surface area (Å²) >= 11 is 0.870. The van der Waals surface area contributed by atoms with Crippen LogP contribution in [0, 0.1) is 28.9 Å². The van der Waals surface area contributed by atoms with Crippen LogP contribution in [0.3, 0.4) is 0 Å². The highest BCUT2D eigenvalue weighted by Crippen LogP contribution is 2.46. The second-order valence-corrected chi connectivity index (χ2v) is 13.3. The molecule has 0 saturated carbocycles. The fraction of sp³-hybridized carbons (Fsp3) is 0.433. The number of fused-ring (bicyclic) bond motifs is 5. The van der Waals surface area contributed by atoms with E-state index in [0.29, 0.717) is 22.8 Å². The zero-order valence-electron chi connectivity index (χ0n) is 24.1. The number of hydrogen-bond donors (Lipinski definition) is 1. The van der Waals surface area contributed by atoms with Crippen molar-refractivity contribution >= 4 is 49.4 Å². The molecule has 3 aliphatic heterocycles. The molecule has 1 aromatic carbocycles. The van der Waals surface area contributed by atoms with Crippen LogP contribution in [0.5, 0.6) is 0 Å². The number of ether oxygens (including phenoxy) is 2. The number of likely N-dealkylation sites (N-methyl/N-ethyl adjacent to an activating group) is 1. The van der Waals surface area contributed by atoms with Crippen molar-refractivity contribution in [3.63, 3.8) is 0 Å². The van der Waals surface area contributed by atoms with E-state index in [4.69, 9.17) is 14.5 Å². The Morgan fingerprint density at radius 2 is 2.00 bits per heavy atom. The van der Waals surface area contributed by atoms with E-state index < -0.39 is 23.3 Å². The van der Waals surface area contributed by atoms with Crippen molar-refractivity contribution in [3.05, 3.63) is 40.7 Å². The minimum absolute atomic E-state index is 0.0307. The Labute approximate surface area is 250 Å². The van der Waals surface area contributed by atoms with Gasteiger partial charge < -0.3 is 19.3 Å². The Kier molecular flexibility index (Phi) is 6.50. The van der Waals surface area contributed by atoms with Crippen LogP contribution in [0.25, 0.3) is 32.2 Å². The molecule has 13 heteroatoms. The number of hydrogen-bond acceptors (Lipinski definition) is 10. The Morgan fingerprint density at radius 1 is 1.21 bits per heavy atom. The predicted octanol–water partition coefficient (Wildman–Crippen LogP) is 5.57. The van der Waals surface area contributed by atoms with Crippen LogP contribution in [0.4, 0.5) is 24.5 Å². The third-order valence-electron chi connectivity index (χ3n) is 8.31. The Morgan fingerprint density at radius 3 is 2.77 bits per heavy atom. The second-order valence-electron chi connectivity index (χ2n) is 12.3. The molecule has 0 radical (unpaired) electrons. The molecule has 2 saturated heterocycles. The van der Waals surface area contributed by atoms with Crippen molar-refractivity contribution in [3.8, 4) is 17.3 Å². The number of likely N-dealkylation sites (tertiary alicyclic amines) is 1. The molecule has 2 fully saturated rings. The van der Waals surface area contributed by atoms with Gasteiger partial charge in [-0.15, -0.1) is 11.3 Å². The molecule has 10 nitrogen and oxygen atoms in total. The predicted molar refractivity (Wildman–Crippen MR) is 158 cm³/mol. The van der Waals surface area contributed by atoms with Gasteiger partial charge in [0.1, 0.15) is 22.2 Å². The molecule has 1 amide bonds. The molecule has 2 unspecified atom stereocenters. The first-order valence-corrected chi connectivity index (χ1v) is 14.9. The molecule has 0 aliphatic carbocycles. The average molecular weight is 606 g/mol. The number of pyridine rings is 1. The number of thiophene rings is 1. The van der Waals surface area contributed by atoms with Crippen molar-refractivity contribution in [1.82, 2.24) is 19.9 Å². The lowest BCUT2D eigenvalue weighted by atomic mass is 9.94. The number of nitrogens with one attached hydrogen (secondary N) is 1. The summed E-state index contributed by atoms with van der Waals surface area (Å²) in [5, 5.41) is 13.5. The van der Waals surface area contributed by atoms with Gasteiger partial charge in [-0.2, -0.15) is 5.26 Å². The van der Waals surface area contributed by atoms with Gasteiger partial charge in [-0.25, -0.2) is 23.5 Å². The Bertz CT molecular complexity index is 1870. The smallest absolute Gasteiger partial charge is 0.412 e. The highest BCUT2D eigenvalue weighted by Gasteiger charge is 2.41. The summed E-state index contributed by atoms with van der Waals surface area (Å²) in [5.74, 6) is -0.352. The fourth-order valence-corrected chi connectivity index (χ4v) is 7.60. The molecule has 7 rings (SSSR count). The van der Waals surface area contributed by atoms with Crippen molar-refractivity contribution in [1.29, 1.82) is 5.26 Å². The molecule has 2 atom stereocenters. The van der Waals surface area contributed by atoms with E-state index in [0.717, 1.165) is 49.2 Å². The SMILES string of the molecule is CN1CC2CCN(c3ncc4c5c(c(-c6ncc(F)c7sc(NC(=O)OC(C)(C)C)c(C#N)c67)c(F)c4n3)COC5)C2C1. The van der Waals surface area contributed by atoms with Crippen LogP contribution in [0.15, 0.2) is 12.4 Å². The maximum absolute atomic E-state index is 16.8. The van der Waals surface area contributed by atoms with Gasteiger partial charge in [-0.1, -0.05) is 0 Å². The number of benzene rings is 1. The van der Waals surface area contributed by atoms with Crippen LogP contribution >= 0.6 is 11.3 Å². The lowest BCUT2D eigenvalue weighted by Gasteiger charge is -2.24. The molecule has 1 N–H and O–H groups in total. The van der Waals surface area contributed by atoms with Gasteiger partial charge in [0.2, 0.25) is 5.95 Å². The van der Waals surface area contributed by atoms with E-state index in [-0.39, 0.29) is 56.7 Å². The second kappa shape index (κ2) is 10.0. The van der Waals surface area contributed by atoms with Gasteiger partial charge in [0.15, 0.2) is 11.6 Å². The maximum atomic E-state index is 16.8. The van der Waals surface area contributed by atoms with Crippen molar-refractivity contribution < 1.29 is 23.0 Å². The number of carbonyl (C=O) groups excluding carboxylic acids is 1. The van der Waals surface area contributed by atoms with Crippen LogP contribution in [0.1, 0.15) is 43.9 Å². The largest absolute Gasteiger partial charge is 0.444 e. The number of amides is 1. The van der Waals surface area contributed by atoms with Crippen molar-refractivity contribution in [2.24, 2.45) is 5.92 Å². The molecular formula is C30H29F2N7O3S. The lowest BCUT2D eigenvalue weighted by molar-refractivity contribution is 0.0636. The summed E-state index contributed by atoms with van der Waals surface area (Å²) in [6.45, 7) is 8.16. The number of aromatic nitrogens is 3. The zero-order chi connectivity index (χ0) is 30.2. The van der Waals surface area contributed by atoms with E-state index in [2.05, 4.69) is 38.2 Å². The topological polar surface area (TPSA) is 116 Å².